The molecule has 1 aliphatic rings. The topological polar surface area (TPSA) is 0 Å². The van der Waals surface area contributed by atoms with E-state index >= 15 is 0 Å². The molecular formula is C7H5BrClF. The molecule has 0 aromatic heterocycles. The highest BCUT2D eigenvalue weighted by Gasteiger charge is 2.05. The molecule has 0 aliphatic heterocycles. The van der Waals surface area contributed by atoms with E-state index in [0.29, 0.717) is 15.9 Å². The molecule has 0 bridgehead atoms. The quantitative estimate of drug-likeness (QED) is 0.588. The summed E-state index contributed by atoms with van der Waals surface area (Å²) < 4.78 is 13.1. The minimum Gasteiger partial charge on any atom is -0.206 e. The summed E-state index contributed by atoms with van der Waals surface area (Å²) in [7, 11) is 0. The lowest BCUT2D eigenvalue weighted by Gasteiger charge is -1.92. The lowest BCUT2D eigenvalue weighted by atomic mass is 10.4. The van der Waals surface area contributed by atoms with Gasteiger partial charge in [0.15, 0.2) is 0 Å². The monoisotopic (exact) mass is 222 g/mol. The normalized spacial score (nSPS) is 18.9. The molecular weight excluding hydrogens is 218 g/mol. The predicted octanol–water partition coefficient (Wildman–Crippen LogP) is 3.65. The van der Waals surface area contributed by atoms with Crippen LogP contribution in [0.5, 0.6) is 0 Å². The zero-order chi connectivity index (χ0) is 7.56. The number of rotatable bonds is 0. The summed E-state index contributed by atoms with van der Waals surface area (Å²) in [6.45, 7) is 0. The van der Waals surface area contributed by atoms with Crippen LogP contribution in [-0.2, 0) is 0 Å². The van der Waals surface area contributed by atoms with Crippen LogP contribution in [0.1, 0.15) is 6.42 Å². The summed E-state index contributed by atoms with van der Waals surface area (Å²) >= 11 is 8.65. The number of hydrogen-bond acceptors (Lipinski definition) is 0. The van der Waals surface area contributed by atoms with E-state index in [9.17, 15) is 4.39 Å². The van der Waals surface area contributed by atoms with Crippen molar-refractivity contribution in [1.29, 1.82) is 0 Å². The van der Waals surface area contributed by atoms with Crippen LogP contribution < -0.4 is 0 Å². The summed E-state index contributed by atoms with van der Waals surface area (Å²) in [5.41, 5.74) is 0. The van der Waals surface area contributed by atoms with Crippen LogP contribution >= 0.6 is 27.5 Å². The molecule has 0 unspecified atom stereocenters. The minimum atomic E-state index is -0.296. The Morgan fingerprint density at radius 1 is 1.60 bits per heavy atom. The van der Waals surface area contributed by atoms with Crippen molar-refractivity contribution in [2.24, 2.45) is 0 Å². The van der Waals surface area contributed by atoms with Gasteiger partial charge in [-0.15, -0.1) is 0 Å². The number of halogens is 3. The van der Waals surface area contributed by atoms with Gasteiger partial charge in [-0.25, -0.2) is 4.39 Å². The highest BCUT2D eigenvalue weighted by Crippen LogP contribution is 2.28. The molecule has 0 heterocycles. The van der Waals surface area contributed by atoms with Crippen molar-refractivity contribution in [2.45, 2.75) is 6.42 Å². The van der Waals surface area contributed by atoms with E-state index in [1.807, 2.05) is 0 Å². The molecule has 0 fully saturated rings. The van der Waals surface area contributed by atoms with Gasteiger partial charge in [0.2, 0.25) is 0 Å². The SMILES string of the molecule is FC1=CCC=CC(Cl)=C1Br. The highest BCUT2D eigenvalue weighted by molar-refractivity contribution is 9.12. The molecule has 0 saturated heterocycles. The Labute approximate surface area is 72.2 Å². The van der Waals surface area contributed by atoms with Crippen molar-refractivity contribution in [1.82, 2.24) is 0 Å². The van der Waals surface area contributed by atoms with Gasteiger partial charge >= 0.3 is 0 Å². The zero-order valence-electron chi connectivity index (χ0n) is 5.07. The van der Waals surface area contributed by atoms with Crippen molar-refractivity contribution < 1.29 is 4.39 Å². The third-order valence-electron chi connectivity index (χ3n) is 1.12. The van der Waals surface area contributed by atoms with Crippen LogP contribution in [-0.4, -0.2) is 0 Å². The maximum Gasteiger partial charge on any atom is 0.135 e. The molecule has 3 heteroatoms. The maximum absolute atomic E-state index is 12.7. The lowest BCUT2D eigenvalue weighted by molar-refractivity contribution is 0.660. The number of hydrogen-bond donors (Lipinski definition) is 0. The second-order valence-corrected chi connectivity index (χ2v) is 3.05. The van der Waals surface area contributed by atoms with Gasteiger partial charge in [0.1, 0.15) is 5.83 Å². The van der Waals surface area contributed by atoms with Crippen molar-refractivity contribution in [3.63, 3.8) is 0 Å². The van der Waals surface area contributed by atoms with Gasteiger partial charge in [0.25, 0.3) is 0 Å². The van der Waals surface area contributed by atoms with E-state index in [0.717, 1.165) is 0 Å². The second-order valence-electron chi connectivity index (χ2n) is 1.85. The van der Waals surface area contributed by atoms with Crippen molar-refractivity contribution >= 4 is 27.5 Å². The Bertz CT molecular complexity index is 228. The van der Waals surface area contributed by atoms with Gasteiger partial charge in [-0.1, -0.05) is 17.7 Å². The molecule has 0 aromatic carbocycles. The fraction of sp³-hybridized carbons (Fsp3) is 0.143. The number of allylic oxidation sites excluding steroid dienone is 6. The summed E-state index contributed by atoms with van der Waals surface area (Å²) in [6.07, 6.45) is 5.54. The van der Waals surface area contributed by atoms with Gasteiger partial charge < -0.3 is 0 Å². The molecule has 1 rings (SSSR count). The first kappa shape index (κ1) is 8.02. The fourth-order valence-corrected chi connectivity index (χ4v) is 1.09. The Morgan fingerprint density at radius 3 is 3.00 bits per heavy atom. The highest BCUT2D eigenvalue weighted by atomic mass is 79.9. The van der Waals surface area contributed by atoms with Crippen molar-refractivity contribution in [3.8, 4) is 0 Å². The van der Waals surface area contributed by atoms with Crippen molar-refractivity contribution in [3.05, 3.63) is 33.6 Å². The van der Waals surface area contributed by atoms with Crippen LogP contribution in [0, 0.1) is 0 Å². The molecule has 1 aliphatic carbocycles. The van der Waals surface area contributed by atoms with E-state index in [-0.39, 0.29) is 5.83 Å². The van der Waals surface area contributed by atoms with Crippen molar-refractivity contribution in [2.75, 3.05) is 0 Å². The molecule has 54 valence electrons. The molecule has 0 atom stereocenters. The summed E-state index contributed by atoms with van der Waals surface area (Å²) in [5, 5.41) is 0.409. The summed E-state index contributed by atoms with van der Waals surface area (Å²) in [5.74, 6) is -0.296. The molecule has 0 amide bonds. The zero-order valence-corrected chi connectivity index (χ0v) is 7.41. The molecule has 0 spiro atoms. The molecule has 0 radical (unpaired) electrons. The average molecular weight is 223 g/mol. The maximum atomic E-state index is 12.7. The fourth-order valence-electron chi connectivity index (χ4n) is 0.620. The molecule has 10 heavy (non-hydrogen) atoms. The van der Waals surface area contributed by atoms with Gasteiger partial charge in [-0.2, -0.15) is 0 Å². The standard InChI is InChI=1S/C7H5BrClF/c8-7-5(9)3-1-2-4-6(7)10/h1,3-4H,2H2. The van der Waals surface area contributed by atoms with Crippen LogP contribution in [0.25, 0.3) is 0 Å². The Balaban J connectivity index is 3.02. The van der Waals surface area contributed by atoms with Gasteiger partial charge in [0, 0.05) is 0 Å². The van der Waals surface area contributed by atoms with Crippen LogP contribution in [0.4, 0.5) is 4.39 Å². The largest absolute Gasteiger partial charge is 0.206 e. The van der Waals surface area contributed by atoms with E-state index < -0.39 is 0 Å². The first-order valence-corrected chi connectivity index (χ1v) is 3.97. The van der Waals surface area contributed by atoms with E-state index in [4.69, 9.17) is 11.6 Å². The third kappa shape index (κ3) is 1.70. The van der Waals surface area contributed by atoms with Gasteiger partial charge in [0.05, 0.1) is 9.51 Å². The van der Waals surface area contributed by atoms with Gasteiger partial charge in [-0.05, 0) is 34.5 Å². The molecule has 0 saturated carbocycles. The predicted molar refractivity (Wildman–Crippen MR) is 44.8 cm³/mol. The average Bonchev–Trinajstić information content (AvgIpc) is 2.04. The van der Waals surface area contributed by atoms with Gasteiger partial charge in [-0.3, -0.25) is 0 Å². The minimum absolute atomic E-state index is 0.296. The summed E-state index contributed by atoms with van der Waals surface area (Å²) in [4.78, 5) is 0. The first-order valence-electron chi connectivity index (χ1n) is 2.79. The second kappa shape index (κ2) is 3.35. The Hall–Kier alpha value is -0.0800. The molecule has 0 aromatic rings. The molecule has 0 nitrogen and oxygen atoms in total. The Kier molecular flexibility index (Phi) is 2.69. The Morgan fingerprint density at radius 2 is 2.30 bits per heavy atom. The van der Waals surface area contributed by atoms with Crippen LogP contribution in [0.3, 0.4) is 0 Å². The van der Waals surface area contributed by atoms with E-state index in [2.05, 4.69) is 15.9 Å². The van der Waals surface area contributed by atoms with Crippen LogP contribution in [0.2, 0.25) is 0 Å². The van der Waals surface area contributed by atoms with E-state index in [1.54, 1.807) is 12.2 Å². The third-order valence-corrected chi connectivity index (χ3v) is 2.47. The smallest absolute Gasteiger partial charge is 0.135 e. The lowest BCUT2D eigenvalue weighted by Crippen LogP contribution is -1.73. The summed E-state index contributed by atoms with van der Waals surface area (Å²) in [6, 6.07) is 0. The van der Waals surface area contributed by atoms with E-state index in [1.165, 1.54) is 6.08 Å². The first-order chi connectivity index (χ1) is 4.72. The van der Waals surface area contributed by atoms with Crippen LogP contribution in [0.15, 0.2) is 33.6 Å². The molecule has 0 N–H and O–H groups in total.